The Labute approximate surface area is 118 Å². The lowest BCUT2D eigenvalue weighted by Gasteiger charge is -2.11. The molecule has 0 amide bonds. The van der Waals surface area contributed by atoms with E-state index in [-0.39, 0.29) is 12.4 Å². The third kappa shape index (κ3) is 4.66. The summed E-state index contributed by atoms with van der Waals surface area (Å²) in [7, 11) is 0. The fourth-order valence-corrected chi connectivity index (χ4v) is 1.68. The van der Waals surface area contributed by atoms with Crippen LogP contribution in [0, 0.1) is 12.7 Å². The summed E-state index contributed by atoms with van der Waals surface area (Å²) in [6.07, 6.45) is -4.71. The molecule has 0 fully saturated rings. The van der Waals surface area contributed by atoms with Crippen molar-refractivity contribution in [3.8, 4) is 11.5 Å². The lowest BCUT2D eigenvalue weighted by atomic mass is 10.2. The van der Waals surface area contributed by atoms with Gasteiger partial charge in [-0.25, -0.2) is 4.39 Å². The number of halogens is 4. The van der Waals surface area contributed by atoms with E-state index < -0.39 is 12.2 Å². The second kappa shape index (κ2) is 6.03. The van der Waals surface area contributed by atoms with Crippen LogP contribution in [0.2, 0.25) is 0 Å². The molecule has 0 saturated heterocycles. The van der Waals surface area contributed by atoms with E-state index >= 15 is 0 Å². The van der Waals surface area contributed by atoms with Crippen molar-refractivity contribution in [2.75, 3.05) is 0 Å². The second-order valence-corrected chi connectivity index (χ2v) is 4.39. The standard InChI is InChI=1S/C15H12F4O2/c1-10-2-5-12(16)8-14(10)20-9-11-3-6-13(7-4-11)21-15(17,18)19/h2-8H,9H2,1H3. The van der Waals surface area contributed by atoms with Gasteiger partial charge in [-0.2, -0.15) is 0 Å². The smallest absolute Gasteiger partial charge is 0.489 e. The number of alkyl halides is 3. The van der Waals surface area contributed by atoms with E-state index in [2.05, 4.69) is 4.74 Å². The van der Waals surface area contributed by atoms with Crippen molar-refractivity contribution in [1.82, 2.24) is 0 Å². The third-order valence-electron chi connectivity index (χ3n) is 2.70. The molecular formula is C15H12F4O2. The molecule has 2 aromatic carbocycles. The van der Waals surface area contributed by atoms with Gasteiger partial charge in [-0.1, -0.05) is 18.2 Å². The van der Waals surface area contributed by atoms with E-state index in [0.29, 0.717) is 11.3 Å². The Morgan fingerprint density at radius 3 is 2.29 bits per heavy atom. The maximum Gasteiger partial charge on any atom is 0.573 e. The molecule has 2 aromatic rings. The summed E-state index contributed by atoms with van der Waals surface area (Å²) < 4.78 is 58.3. The molecule has 0 bridgehead atoms. The van der Waals surface area contributed by atoms with Gasteiger partial charge in [0.15, 0.2) is 0 Å². The maximum absolute atomic E-state index is 13.1. The fourth-order valence-electron chi connectivity index (χ4n) is 1.68. The topological polar surface area (TPSA) is 18.5 Å². The molecule has 0 saturated carbocycles. The Kier molecular flexibility index (Phi) is 4.35. The molecule has 0 unspecified atom stereocenters. The number of benzene rings is 2. The monoisotopic (exact) mass is 300 g/mol. The van der Waals surface area contributed by atoms with Crippen molar-refractivity contribution in [1.29, 1.82) is 0 Å². The van der Waals surface area contributed by atoms with Crippen LogP contribution in [0.15, 0.2) is 42.5 Å². The second-order valence-electron chi connectivity index (χ2n) is 4.39. The molecule has 0 aliphatic carbocycles. The van der Waals surface area contributed by atoms with Gasteiger partial charge in [-0.15, -0.1) is 13.2 Å². The summed E-state index contributed by atoms with van der Waals surface area (Å²) in [6, 6.07) is 9.48. The number of rotatable bonds is 4. The van der Waals surface area contributed by atoms with E-state index in [1.165, 1.54) is 36.4 Å². The molecule has 2 nitrogen and oxygen atoms in total. The molecule has 112 valence electrons. The molecule has 0 aliphatic rings. The van der Waals surface area contributed by atoms with E-state index in [0.717, 1.165) is 5.56 Å². The van der Waals surface area contributed by atoms with E-state index in [4.69, 9.17) is 4.74 Å². The van der Waals surface area contributed by atoms with Gasteiger partial charge < -0.3 is 9.47 Å². The number of hydrogen-bond acceptors (Lipinski definition) is 2. The molecule has 0 atom stereocenters. The van der Waals surface area contributed by atoms with E-state index in [1.54, 1.807) is 13.0 Å². The summed E-state index contributed by atoms with van der Waals surface area (Å²) >= 11 is 0. The van der Waals surface area contributed by atoms with Gasteiger partial charge >= 0.3 is 6.36 Å². The van der Waals surface area contributed by atoms with Crippen LogP contribution >= 0.6 is 0 Å². The van der Waals surface area contributed by atoms with Gasteiger partial charge in [-0.05, 0) is 36.2 Å². The molecule has 0 aliphatic heterocycles. The first-order valence-electron chi connectivity index (χ1n) is 6.07. The molecule has 6 heteroatoms. The van der Waals surface area contributed by atoms with Gasteiger partial charge in [0, 0.05) is 6.07 Å². The average Bonchev–Trinajstić information content (AvgIpc) is 2.40. The quantitative estimate of drug-likeness (QED) is 0.768. The Hall–Kier alpha value is -2.24. The number of hydrogen-bond donors (Lipinski definition) is 0. The van der Waals surface area contributed by atoms with Crippen molar-refractivity contribution in [2.24, 2.45) is 0 Å². The van der Waals surface area contributed by atoms with Crippen LogP contribution in [0.1, 0.15) is 11.1 Å². The van der Waals surface area contributed by atoms with Gasteiger partial charge in [0.05, 0.1) is 0 Å². The highest BCUT2D eigenvalue weighted by atomic mass is 19.4. The molecule has 2 rings (SSSR count). The minimum Gasteiger partial charge on any atom is -0.489 e. The van der Waals surface area contributed by atoms with Crippen LogP contribution in [-0.2, 0) is 6.61 Å². The number of aryl methyl sites for hydroxylation is 1. The van der Waals surface area contributed by atoms with E-state index in [9.17, 15) is 17.6 Å². The molecule has 0 spiro atoms. The van der Waals surface area contributed by atoms with Gasteiger partial charge in [0.2, 0.25) is 0 Å². The summed E-state index contributed by atoms with van der Waals surface area (Å²) in [4.78, 5) is 0. The zero-order valence-corrected chi connectivity index (χ0v) is 11.1. The molecule has 0 radical (unpaired) electrons. The Morgan fingerprint density at radius 2 is 1.67 bits per heavy atom. The summed E-state index contributed by atoms with van der Waals surface area (Å²) in [5, 5.41) is 0. The van der Waals surface area contributed by atoms with Crippen molar-refractivity contribution in [2.45, 2.75) is 19.9 Å². The normalized spacial score (nSPS) is 11.3. The highest BCUT2D eigenvalue weighted by Crippen LogP contribution is 2.24. The van der Waals surface area contributed by atoms with Crippen LogP contribution in [0.3, 0.4) is 0 Å². The predicted octanol–water partition coefficient (Wildman–Crippen LogP) is 4.61. The molecule has 0 N–H and O–H groups in total. The zero-order chi connectivity index (χ0) is 15.5. The highest BCUT2D eigenvalue weighted by molar-refractivity contribution is 5.33. The lowest BCUT2D eigenvalue weighted by Crippen LogP contribution is -2.17. The third-order valence-corrected chi connectivity index (χ3v) is 2.70. The molecule has 21 heavy (non-hydrogen) atoms. The Balaban J connectivity index is 1.99. The highest BCUT2D eigenvalue weighted by Gasteiger charge is 2.30. The Morgan fingerprint density at radius 1 is 1.00 bits per heavy atom. The molecular weight excluding hydrogens is 288 g/mol. The van der Waals surface area contributed by atoms with Crippen LogP contribution in [-0.4, -0.2) is 6.36 Å². The SMILES string of the molecule is Cc1ccc(F)cc1OCc1ccc(OC(F)(F)F)cc1. The fraction of sp³-hybridized carbons (Fsp3) is 0.200. The predicted molar refractivity (Wildman–Crippen MR) is 68.6 cm³/mol. The lowest BCUT2D eigenvalue weighted by molar-refractivity contribution is -0.274. The van der Waals surface area contributed by atoms with Crippen molar-refractivity contribution in [3.63, 3.8) is 0 Å². The van der Waals surface area contributed by atoms with Crippen molar-refractivity contribution >= 4 is 0 Å². The maximum atomic E-state index is 13.1. The first kappa shape index (κ1) is 15.2. The molecule has 0 aromatic heterocycles. The van der Waals surface area contributed by atoms with E-state index in [1.807, 2.05) is 0 Å². The summed E-state index contributed by atoms with van der Waals surface area (Å²) in [5.41, 5.74) is 1.42. The van der Waals surface area contributed by atoms with Crippen molar-refractivity contribution in [3.05, 3.63) is 59.4 Å². The summed E-state index contributed by atoms with van der Waals surface area (Å²) in [6.45, 7) is 1.89. The van der Waals surface area contributed by atoms with Crippen molar-refractivity contribution < 1.29 is 27.0 Å². The summed E-state index contributed by atoms with van der Waals surface area (Å²) in [5.74, 6) is -0.316. The van der Waals surface area contributed by atoms with Gasteiger partial charge in [0.1, 0.15) is 23.9 Å². The largest absolute Gasteiger partial charge is 0.573 e. The van der Waals surface area contributed by atoms with Crippen LogP contribution in [0.4, 0.5) is 17.6 Å². The zero-order valence-electron chi connectivity index (χ0n) is 11.1. The minimum absolute atomic E-state index is 0.122. The van der Waals surface area contributed by atoms with Gasteiger partial charge in [-0.3, -0.25) is 0 Å². The average molecular weight is 300 g/mol. The van der Waals surface area contributed by atoms with Crippen LogP contribution < -0.4 is 9.47 Å². The Bertz CT molecular complexity index is 606. The minimum atomic E-state index is -4.71. The molecule has 0 heterocycles. The first-order valence-corrected chi connectivity index (χ1v) is 6.07. The first-order chi connectivity index (χ1) is 9.83. The van der Waals surface area contributed by atoms with Gasteiger partial charge in [0.25, 0.3) is 0 Å². The van der Waals surface area contributed by atoms with Crippen LogP contribution in [0.5, 0.6) is 11.5 Å². The number of ether oxygens (including phenoxy) is 2. The van der Waals surface area contributed by atoms with Crippen LogP contribution in [0.25, 0.3) is 0 Å².